The van der Waals surface area contributed by atoms with Crippen molar-refractivity contribution in [1.29, 1.82) is 0 Å². The minimum atomic E-state index is 0.00422. The Kier molecular flexibility index (Phi) is 5.51. The van der Waals surface area contributed by atoms with E-state index in [2.05, 4.69) is 30.5 Å². The van der Waals surface area contributed by atoms with Gasteiger partial charge in [-0.25, -0.2) is 0 Å². The number of thiophene rings is 1. The van der Waals surface area contributed by atoms with Gasteiger partial charge >= 0.3 is 0 Å². The number of anilines is 3. The summed E-state index contributed by atoms with van der Waals surface area (Å²) in [7, 11) is 1.82. The summed E-state index contributed by atoms with van der Waals surface area (Å²) < 4.78 is 1.67. The van der Waals surface area contributed by atoms with Crippen LogP contribution in [-0.4, -0.2) is 61.9 Å². The molecule has 1 fully saturated rings. The molecule has 1 amide bonds. The quantitative estimate of drug-likeness (QED) is 0.504. The summed E-state index contributed by atoms with van der Waals surface area (Å²) in [6.07, 6.45) is 3.46. The molecule has 9 nitrogen and oxygen atoms in total. The fourth-order valence-corrected chi connectivity index (χ4v) is 4.34. The van der Waals surface area contributed by atoms with E-state index in [1.54, 1.807) is 28.4 Å². The number of rotatable bonds is 5. The van der Waals surface area contributed by atoms with Crippen molar-refractivity contribution < 1.29 is 4.79 Å². The molecule has 5 heterocycles. The van der Waals surface area contributed by atoms with E-state index in [0.29, 0.717) is 37.7 Å². The second-order valence-corrected chi connectivity index (χ2v) is 8.39. The first-order valence-electron chi connectivity index (χ1n) is 10.3. The van der Waals surface area contributed by atoms with Crippen LogP contribution in [0.15, 0.2) is 60.2 Å². The molecule has 0 atom stereocenters. The van der Waals surface area contributed by atoms with Gasteiger partial charge in [-0.15, -0.1) is 21.5 Å². The van der Waals surface area contributed by atoms with Crippen LogP contribution in [0.5, 0.6) is 0 Å². The third kappa shape index (κ3) is 4.17. The molecule has 0 saturated carbocycles. The zero-order valence-electron chi connectivity index (χ0n) is 17.5. The van der Waals surface area contributed by atoms with Crippen molar-refractivity contribution in [3.05, 3.63) is 65.9 Å². The average Bonchev–Trinajstić information content (AvgIpc) is 3.50. The lowest BCUT2D eigenvalue weighted by Gasteiger charge is -2.35. The van der Waals surface area contributed by atoms with E-state index in [-0.39, 0.29) is 5.91 Å². The Labute approximate surface area is 189 Å². The Morgan fingerprint density at radius 2 is 1.94 bits per heavy atom. The first kappa shape index (κ1) is 20.1. The number of hydrogen-bond acceptors (Lipinski definition) is 8. The number of carbonyl (C=O) groups excluding carboxylic acids is 1. The Morgan fingerprint density at radius 3 is 2.62 bits per heavy atom. The number of aromatic nitrogens is 5. The fourth-order valence-electron chi connectivity index (χ4n) is 3.66. The maximum Gasteiger partial charge on any atom is 0.272 e. The standard InChI is InChI=1S/C22H22N8OS/c1-28-18(14-17(27-28)19-5-3-13-32-19)22(31)30-11-9-29(10-12-30)21-7-6-20(25-26-21)24-16-4-2-8-23-15-16/h2-8,13-15H,9-12H2,1H3,(H,24,25). The van der Waals surface area contributed by atoms with E-state index in [1.165, 1.54) is 0 Å². The number of nitrogens with one attached hydrogen (secondary N) is 1. The van der Waals surface area contributed by atoms with Crippen molar-refractivity contribution in [1.82, 2.24) is 29.9 Å². The minimum absolute atomic E-state index is 0.00422. The molecule has 4 aromatic heterocycles. The number of pyridine rings is 1. The molecule has 10 heteroatoms. The second-order valence-electron chi connectivity index (χ2n) is 7.44. The summed E-state index contributed by atoms with van der Waals surface area (Å²) in [5.41, 5.74) is 2.30. The molecule has 162 valence electrons. The lowest BCUT2D eigenvalue weighted by molar-refractivity contribution is 0.0735. The van der Waals surface area contributed by atoms with E-state index in [0.717, 1.165) is 22.1 Å². The Hall–Kier alpha value is -3.79. The van der Waals surface area contributed by atoms with Crippen LogP contribution in [0.25, 0.3) is 10.6 Å². The molecule has 1 aliphatic rings. The van der Waals surface area contributed by atoms with Gasteiger partial charge in [0, 0.05) is 39.4 Å². The van der Waals surface area contributed by atoms with Crippen LogP contribution in [0.3, 0.4) is 0 Å². The topological polar surface area (TPSA) is 92.1 Å². The van der Waals surface area contributed by atoms with E-state index in [1.807, 2.05) is 59.8 Å². The lowest BCUT2D eigenvalue weighted by Crippen LogP contribution is -2.49. The average molecular weight is 447 g/mol. The lowest BCUT2D eigenvalue weighted by atomic mass is 10.2. The molecule has 0 aliphatic carbocycles. The molecule has 5 rings (SSSR count). The Morgan fingerprint density at radius 1 is 1.06 bits per heavy atom. The monoisotopic (exact) mass is 446 g/mol. The van der Waals surface area contributed by atoms with Crippen molar-refractivity contribution in [3.63, 3.8) is 0 Å². The predicted octanol–water partition coefficient (Wildman–Crippen LogP) is 3.04. The normalized spacial score (nSPS) is 13.9. The minimum Gasteiger partial charge on any atom is -0.352 e. The molecule has 1 aliphatic heterocycles. The van der Waals surface area contributed by atoms with Crippen LogP contribution in [-0.2, 0) is 7.05 Å². The van der Waals surface area contributed by atoms with Gasteiger partial charge in [0.15, 0.2) is 11.6 Å². The van der Waals surface area contributed by atoms with Gasteiger partial charge in [0.2, 0.25) is 0 Å². The van der Waals surface area contributed by atoms with Crippen LogP contribution in [0.1, 0.15) is 10.5 Å². The molecular formula is C22H22N8OS. The van der Waals surface area contributed by atoms with E-state index >= 15 is 0 Å². The molecule has 32 heavy (non-hydrogen) atoms. The van der Waals surface area contributed by atoms with Crippen molar-refractivity contribution in [2.75, 3.05) is 36.4 Å². The van der Waals surface area contributed by atoms with Crippen molar-refractivity contribution in [3.8, 4) is 10.6 Å². The number of nitrogens with zero attached hydrogens (tertiary/aromatic N) is 7. The number of carbonyl (C=O) groups is 1. The van der Waals surface area contributed by atoms with Gasteiger partial charge in [-0.1, -0.05) is 6.07 Å². The van der Waals surface area contributed by atoms with Gasteiger partial charge in [-0.05, 0) is 41.8 Å². The number of aryl methyl sites for hydroxylation is 1. The van der Waals surface area contributed by atoms with Crippen molar-refractivity contribution >= 4 is 34.6 Å². The van der Waals surface area contributed by atoms with Crippen molar-refractivity contribution in [2.24, 2.45) is 7.05 Å². The zero-order chi connectivity index (χ0) is 21.9. The van der Waals surface area contributed by atoms with Gasteiger partial charge in [0.05, 0.1) is 16.8 Å². The van der Waals surface area contributed by atoms with Crippen LogP contribution in [0.4, 0.5) is 17.3 Å². The molecule has 0 unspecified atom stereocenters. The third-order valence-corrected chi connectivity index (χ3v) is 6.24. The summed E-state index contributed by atoms with van der Waals surface area (Å²) >= 11 is 1.62. The van der Waals surface area contributed by atoms with Gasteiger partial charge in [0.1, 0.15) is 11.4 Å². The molecule has 0 spiro atoms. The van der Waals surface area contributed by atoms with Crippen LogP contribution in [0, 0.1) is 0 Å². The molecule has 0 bridgehead atoms. The molecule has 0 radical (unpaired) electrons. The maximum absolute atomic E-state index is 13.1. The summed E-state index contributed by atoms with van der Waals surface area (Å²) in [5, 5.41) is 18.3. The Balaban J connectivity index is 1.20. The summed E-state index contributed by atoms with van der Waals surface area (Å²) in [5.74, 6) is 1.47. The smallest absolute Gasteiger partial charge is 0.272 e. The molecular weight excluding hydrogens is 424 g/mol. The largest absolute Gasteiger partial charge is 0.352 e. The SMILES string of the molecule is Cn1nc(-c2cccs2)cc1C(=O)N1CCN(c2ccc(Nc3cccnc3)nn2)CC1. The number of amides is 1. The van der Waals surface area contributed by atoms with E-state index in [4.69, 9.17) is 0 Å². The van der Waals surface area contributed by atoms with Crippen molar-refractivity contribution in [2.45, 2.75) is 0 Å². The number of piperazine rings is 1. The predicted molar refractivity (Wildman–Crippen MR) is 124 cm³/mol. The molecule has 4 aromatic rings. The van der Waals surface area contributed by atoms with Gasteiger partial charge in [-0.2, -0.15) is 5.10 Å². The summed E-state index contributed by atoms with van der Waals surface area (Å²) in [6.45, 7) is 2.64. The fraction of sp³-hybridized carbons (Fsp3) is 0.227. The molecule has 1 N–H and O–H groups in total. The highest BCUT2D eigenvalue weighted by molar-refractivity contribution is 7.13. The van der Waals surface area contributed by atoms with Gasteiger partial charge < -0.3 is 15.1 Å². The zero-order valence-corrected chi connectivity index (χ0v) is 18.4. The van der Waals surface area contributed by atoms with Crippen LogP contribution in [0.2, 0.25) is 0 Å². The highest BCUT2D eigenvalue weighted by Gasteiger charge is 2.25. The van der Waals surface area contributed by atoms with Crippen LogP contribution < -0.4 is 10.2 Å². The first-order chi connectivity index (χ1) is 15.7. The number of hydrogen-bond donors (Lipinski definition) is 1. The summed E-state index contributed by atoms with van der Waals surface area (Å²) in [6, 6.07) is 13.5. The first-order valence-corrected chi connectivity index (χ1v) is 11.2. The Bertz CT molecular complexity index is 1180. The highest BCUT2D eigenvalue weighted by Crippen LogP contribution is 2.25. The molecule has 0 aromatic carbocycles. The third-order valence-electron chi connectivity index (χ3n) is 5.35. The maximum atomic E-state index is 13.1. The van der Waals surface area contributed by atoms with E-state index in [9.17, 15) is 4.79 Å². The highest BCUT2D eigenvalue weighted by atomic mass is 32.1. The molecule has 1 saturated heterocycles. The van der Waals surface area contributed by atoms with Crippen LogP contribution >= 0.6 is 11.3 Å². The van der Waals surface area contributed by atoms with Gasteiger partial charge in [-0.3, -0.25) is 14.5 Å². The van der Waals surface area contributed by atoms with Gasteiger partial charge in [0.25, 0.3) is 5.91 Å². The second kappa shape index (κ2) is 8.75. The summed E-state index contributed by atoms with van der Waals surface area (Å²) in [4.78, 5) is 22.2. The van der Waals surface area contributed by atoms with E-state index < -0.39 is 0 Å².